The van der Waals surface area contributed by atoms with Crippen LogP contribution in [0.4, 0.5) is 11.4 Å². The van der Waals surface area contributed by atoms with E-state index < -0.39 is 5.41 Å². The first-order valence-corrected chi connectivity index (χ1v) is 9.93. The summed E-state index contributed by atoms with van der Waals surface area (Å²) in [5, 5.41) is 0. The highest BCUT2D eigenvalue weighted by molar-refractivity contribution is 9.10. The molecule has 1 aliphatic rings. The van der Waals surface area contributed by atoms with Gasteiger partial charge in [0.15, 0.2) is 0 Å². The van der Waals surface area contributed by atoms with Gasteiger partial charge < -0.3 is 9.80 Å². The van der Waals surface area contributed by atoms with Gasteiger partial charge in [0.05, 0.1) is 6.67 Å². The molecule has 0 aromatic heterocycles. The van der Waals surface area contributed by atoms with E-state index in [1.807, 2.05) is 48.5 Å². The van der Waals surface area contributed by atoms with Crippen LogP contribution >= 0.6 is 31.9 Å². The molecule has 0 bridgehead atoms. The maximum absolute atomic E-state index is 12.5. The van der Waals surface area contributed by atoms with Crippen molar-refractivity contribution in [2.24, 2.45) is 5.41 Å². The van der Waals surface area contributed by atoms with E-state index in [-0.39, 0.29) is 11.6 Å². The van der Waals surface area contributed by atoms with Gasteiger partial charge in [-0.3, -0.25) is 9.59 Å². The molecule has 6 heteroatoms. The Hall–Kier alpha value is -1.66. The molecule has 3 rings (SSSR count). The van der Waals surface area contributed by atoms with Crippen molar-refractivity contribution in [3.05, 3.63) is 57.5 Å². The molecular formula is C20H20Br2N2O2. The van der Waals surface area contributed by atoms with Crippen molar-refractivity contribution >= 4 is 54.8 Å². The second kappa shape index (κ2) is 7.53. The van der Waals surface area contributed by atoms with Gasteiger partial charge in [0, 0.05) is 33.4 Å². The van der Waals surface area contributed by atoms with E-state index in [0.717, 1.165) is 20.3 Å². The number of hydrogen-bond acceptors (Lipinski definition) is 4. The van der Waals surface area contributed by atoms with Crippen molar-refractivity contribution in [3.63, 3.8) is 0 Å². The molecule has 4 nitrogen and oxygen atoms in total. The van der Waals surface area contributed by atoms with Crippen LogP contribution in [0.1, 0.15) is 13.8 Å². The summed E-state index contributed by atoms with van der Waals surface area (Å²) in [6.07, 6.45) is 0. The molecule has 1 fully saturated rings. The van der Waals surface area contributed by atoms with Gasteiger partial charge >= 0.3 is 0 Å². The summed E-state index contributed by atoms with van der Waals surface area (Å²) in [7, 11) is 0. The van der Waals surface area contributed by atoms with Crippen molar-refractivity contribution in [3.8, 4) is 0 Å². The maximum Gasteiger partial charge on any atom is 0.146 e. The molecule has 0 radical (unpaired) electrons. The summed E-state index contributed by atoms with van der Waals surface area (Å²) in [5.41, 5.74) is 0.946. The summed E-state index contributed by atoms with van der Waals surface area (Å²) in [6, 6.07) is 15.9. The quantitative estimate of drug-likeness (QED) is 0.598. The number of carbonyl (C=O) groups excluding carboxylic acids is 2. The largest absolute Gasteiger partial charge is 0.352 e. The van der Waals surface area contributed by atoms with Gasteiger partial charge in [0.1, 0.15) is 17.0 Å². The van der Waals surface area contributed by atoms with E-state index in [4.69, 9.17) is 0 Å². The second-order valence-electron chi connectivity index (χ2n) is 6.68. The fourth-order valence-corrected chi connectivity index (χ4v) is 3.88. The first kappa shape index (κ1) is 19.1. The zero-order chi connectivity index (χ0) is 18.9. The number of benzene rings is 2. The number of halogens is 2. The predicted molar refractivity (Wildman–Crippen MR) is 112 cm³/mol. The molecule has 0 N–H and O–H groups in total. The van der Waals surface area contributed by atoms with E-state index >= 15 is 0 Å². The van der Waals surface area contributed by atoms with Crippen molar-refractivity contribution in [2.75, 3.05) is 29.6 Å². The highest BCUT2D eigenvalue weighted by Gasteiger charge is 2.47. The minimum atomic E-state index is -1.03. The fourth-order valence-electron chi connectivity index (χ4n) is 3.35. The second-order valence-corrected chi connectivity index (χ2v) is 8.52. The molecule has 0 amide bonds. The van der Waals surface area contributed by atoms with Crippen molar-refractivity contribution in [2.45, 2.75) is 13.8 Å². The van der Waals surface area contributed by atoms with Crippen LogP contribution < -0.4 is 9.80 Å². The monoisotopic (exact) mass is 478 g/mol. The third-order valence-electron chi connectivity index (χ3n) is 4.99. The van der Waals surface area contributed by atoms with E-state index in [9.17, 15) is 9.59 Å². The minimum absolute atomic E-state index is 0.0890. The zero-order valence-corrected chi connectivity index (χ0v) is 17.9. The third-order valence-corrected chi connectivity index (χ3v) is 6.05. The standard InChI is InChI=1S/C20H20Br2N2O2/c1-14(25)20(15(2)26)11-23(18-7-3-16(21)4-8-18)13-24(12-20)19-9-5-17(22)6-10-19/h3-10H,11-13H2,1-2H3. The number of rotatable bonds is 4. The molecule has 0 aliphatic carbocycles. The highest BCUT2D eigenvalue weighted by atomic mass is 79.9. The minimum Gasteiger partial charge on any atom is -0.352 e. The Balaban J connectivity index is 2.02. The Kier molecular flexibility index (Phi) is 5.53. The van der Waals surface area contributed by atoms with E-state index in [1.54, 1.807) is 0 Å². The lowest BCUT2D eigenvalue weighted by Crippen LogP contribution is -2.61. The van der Waals surface area contributed by atoms with Crippen LogP contribution in [0.3, 0.4) is 0 Å². The number of anilines is 2. The van der Waals surface area contributed by atoms with Gasteiger partial charge in [-0.1, -0.05) is 31.9 Å². The summed E-state index contributed by atoms with van der Waals surface area (Å²) >= 11 is 6.90. The number of ketones is 2. The van der Waals surface area contributed by atoms with Crippen LogP contribution in [-0.4, -0.2) is 31.3 Å². The van der Waals surface area contributed by atoms with Gasteiger partial charge in [-0.2, -0.15) is 0 Å². The first-order chi connectivity index (χ1) is 12.3. The lowest BCUT2D eigenvalue weighted by atomic mass is 9.77. The Labute approximate surface area is 170 Å². The third kappa shape index (κ3) is 3.71. The summed E-state index contributed by atoms with van der Waals surface area (Å²) in [4.78, 5) is 29.3. The van der Waals surface area contributed by atoms with Crippen LogP contribution in [0, 0.1) is 5.41 Å². The maximum atomic E-state index is 12.5. The lowest BCUT2D eigenvalue weighted by molar-refractivity contribution is -0.137. The molecule has 0 unspecified atom stereocenters. The fraction of sp³-hybridized carbons (Fsp3) is 0.300. The van der Waals surface area contributed by atoms with E-state index in [1.165, 1.54) is 13.8 Å². The van der Waals surface area contributed by atoms with Crippen LogP contribution in [0.2, 0.25) is 0 Å². The number of nitrogens with zero attached hydrogens (tertiary/aromatic N) is 2. The Bertz CT molecular complexity index is 749. The Morgan fingerprint density at radius 2 is 1.12 bits per heavy atom. The topological polar surface area (TPSA) is 40.6 Å². The normalized spacial score (nSPS) is 16.5. The molecular weight excluding hydrogens is 460 g/mol. The van der Waals surface area contributed by atoms with Crippen molar-refractivity contribution < 1.29 is 9.59 Å². The van der Waals surface area contributed by atoms with Crippen LogP contribution in [0.15, 0.2) is 57.5 Å². The molecule has 1 saturated heterocycles. The smallest absolute Gasteiger partial charge is 0.146 e. The Morgan fingerprint density at radius 1 is 0.769 bits per heavy atom. The summed E-state index contributed by atoms with van der Waals surface area (Å²) in [5.74, 6) is -0.178. The molecule has 2 aromatic carbocycles. The van der Waals surface area contributed by atoms with Crippen LogP contribution in [-0.2, 0) is 9.59 Å². The zero-order valence-electron chi connectivity index (χ0n) is 14.7. The van der Waals surface area contributed by atoms with Gasteiger partial charge in [-0.25, -0.2) is 0 Å². The number of Topliss-reactive ketones (excluding diaryl/α,β-unsaturated/α-hetero) is 2. The molecule has 0 atom stereocenters. The SMILES string of the molecule is CC(=O)C1(C(C)=O)CN(c2ccc(Br)cc2)CN(c2ccc(Br)cc2)C1. The molecule has 26 heavy (non-hydrogen) atoms. The number of carbonyl (C=O) groups is 2. The van der Waals surface area contributed by atoms with E-state index in [0.29, 0.717) is 19.8 Å². The molecule has 136 valence electrons. The Morgan fingerprint density at radius 3 is 1.42 bits per heavy atom. The molecule has 2 aromatic rings. The van der Waals surface area contributed by atoms with Gasteiger partial charge in [-0.15, -0.1) is 0 Å². The molecule has 0 spiro atoms. The van der Waals surface area contributed by atoms with Crippen LogP contribution in [0.25, 0.3) is 0 Å². The van der Waals surface area contributed by atoms with Crippen molar-refractivity contribution in [1.82, 2.24) is 0 Å². The summed E-state index contributed by atoms with van der Waals surface area (Å²) in [6.45, 7) is 4.45. The molecule has 0 saturated carbocycles. The molecule has 1 heterocycles. The average Bonchev–Trinajstić information content (AvgIpc) is 2.62. The van der Waals surface area contributed by atoms with Gasteiger partial charge in [0.2, 0.25) is 0 Å². The van der Waals surface area contributed by atoms with Gasteiger partial charge in [-0.05, 0) is 62.4 Å². The number of hydrogen-bond donors (Lipinski definition) is 0. The molecule has 1 aliphatic heterocycles. The summed E-state index contributed by atoms with van der Waals surface area (Å²) < 4.78 is 1.99. The van der Waals surface area contributed by atoms with Gasteiger partial charge in [0.25, 0.3) is 0 Å². The van der Waals surface area contributed by atoms with E-state index in [2.05, 4.69) is 41.7 Å². The predicted octanol–water partition coefficient (Wildman–Crippen LogP) is 4.66. The van der Waals surface area contributed by atoms with Crippen LogP contribution in [0.5, 0.6) is 0 Å². The average molecular weight is 480 g/mol. The highest BCUT2D eigenvalue weighted by Crippen LogP contribution is 2.34. The van der Waals surface area contributed by atoms with Crippen molar-refractivity contribution in [1.29, 1.82) is 0 Å². The first-order valence-electron chi connectivity index (χ1n) is 8.35. The lowest BCUT2D eigenvalue weighted by Gasteiger charge is -2.47.